The van der Waals surface area contributed by atoms with E-state index < -0.39 is 0 Å². The molecule has 2 aromatic rings. The van der Waals surface area contributed by atoms with Gasteiger partial charge < -0.3 is 5.32 Å². The highest BCUT2D eigenvalue weighted by molar-refractivity contribution is 7.15. The largest absolute Gasteiger partial charge is 0.302 e. The molecule has 0 atom stereocenters. The van der Waals surface area contributed by atoms with Gasteiger partial charge in [0.2, 0.25) is 5.91 Å². The lowest BCUT2D eigenvalue weighted by Gasteiger charge is -2.04. The Morgan fingerprint density at radius 3 is 3.05 bits per heavy atom. The van der Waals surface area contributed by atoms with Gasteiger partial charge in [0.1, 0.15) is 0 Å². The lowest BCUT2D eigenvalue weighted by atomic mass is 10.1. The number of nitrogens with zero attached hydrogens (tertiary/aromatic N) is 1. The minimum absolute atomic E-state index is 0.0967. The van der Waals surface area contributed by atoms with Crippen molar-refractivity contribution in [2.24, 2.45) is 5.92 Å². The highest BCUT2D eigenvalue weighted by Crippen LogP contribution is 2.31. The summed E-state index contributed by atoms with van der Waals surface area (Å²) in [6.45, 7) is 2.00. The van der Waals surface area contributed by atoms with Crippen molar-refractivity contribution in [2.45, 2.75) is 26.2 Å². The molecular weight excluding hydrogens is 292 g/mol. The molecule has 3 nitrogen and oxygen atoms in total. The van der Waals surface area contributed by atoms with Gasteiger partial charge in [0.25, 0.3) is 0 Å². The number of rotatable bonds is 4. The van der Waals surface area contributed by atoms with Gasteiger partial charge in [-0.3, -0.25) is 4.79 Å². The summed E-state index contributed by atoms with van der Waals surface area (Å²) in [4.78, 5) is 17.0. The molecule has 1 amide bonds. The standard InChI is InChI=1S/C15H15ClN2OS/c1-9-3-2-4-11(13(9)16)7-12-8-17-15(20-12)18-14(19)10-5-6-10/h2-4,8,10H,5-7H2,1H3,(H,17,18,19). The van der Waals surface area contributed by atoms with Gasteiger partial charge in [-0.25, -0.2) is 4.98 Å². The monoisotopic (exact) mass is 306 g/mol. The van der Waals surface area contributed by atoms with Crippen LogP contribution in [0.3, 0.4) is 0 Å². The molecule has 1 heterocycles. The number of hydrogen-bond donors (Lipinski definition) is 1. The van der Waals surface area contributed by atoms with Crippen LogP contribution in [0.15, 0.2) is 24.4 Å². The van der Waals surface area contributed by atoms with Crippen LogP contribution in [-0.2, 0) is 11.2 Å². The number of halogens is 1. The molecule has 1 fully saturated rings. The van der Waals surface area contributed by atoms with Crippen LogP contribution in [0, 0.1) is 12.8 Å². The Kier molecular flexibility index (Phi) is 3.76. The van der Waals surface area contributed by atoms with E-state index >= 15 is 0 Å². The second kappa shape index (κ2) is 5.54. The molecule has 5 heteroatoms. The van der Waals surface area contributed by atoms with Crippen molar-refractivity contribution in [3.05, 3.63) is 45.4 Å². The summed E-state index contributed by atoms with van der Waals surface area (Å²) in [5, 5.41) is 4.36. The van der Waals surface area contributed by atoms with Crippen molar-refractivity contribution in [3.63, 3.8) is 0 Å². The minimum Gasteiger partial charge on any atom is -0.302 e. The number of hydrogen-bond acceptors (Lipinski definition) is 3. The number of anilines is 1. The zero-order chi connectivity index (χ0) is 14.1. The van der Waals surface area contributed by atoms with Gasteiger partial charge in [-0.1, -0.05) is 29.8 Å². The zero-order valence-electron chi connectivity index (χ0n) is 11.1. The minimum atomic E-state index is 0.0967. The number of aryl methyl sites for hydroxylation is 1. The molecule has 1 aliphatic rings. The Balaban J connectivity index is 1.70. The maximum absolute atomic E-state index is 11.7. The van der Waals surface area contributed by atoms with Crippen molar-refractivity contribution >= 4 is 34.0 Å². The van der Waals surface area contributed by atoms with Crippen LogP contribution < -0.4 is 5.32 Å². The van der Waals surface area contributed by atoms with E-state index in [0.29, 0.717) is 5.13 Å². The summed E-state index contributed by atoms with van der Waals surface area (Å²) in [5.41, 5.74) is 2.17. The lowest BCUT2D eigenvalue weighted by Crippen LogP contribution is -2.12. The number of nitrogens with one attached hydrogen (secondary N) is 1. The smallest absolute Gasteiger partial charge is 0.229 e. The van der Waals surface area contributed by atoms with E-state index in [-0.39, 0.29) is 11.8 Å². The first-order valence-corrected chi connectivity index (χ1v) is 7.82. The summed E-state index contributed by atoms with van der Waals surface area (Å²) in [6, 6.07) is 6.03. The highest BCUT2D eigenvalue weighted by Gasteiger charge is 2.30. The molecule has 0 aliphatic heterocycles. The van der Waals surface area contributed by atoms with Gasteiger partial charge in [0.05, 0.1) is 0 Å². The normalized spacial score (nSPS) is 14.3. The Hall–Kier alpha value is -1.39. The third-order valence-corrected chi connectivity index (χ3v) is 4.82. The van der Waals surface area contributed by atoms with Gasteiger partial charge in [-0.2, -0.15) is 0 Å². The van der Waals surface area contributed by atoms with Crippen LogP contribution in [0.25, 0.3) is 0 Å². The molecule has 0 radical (unpaired) electrons. The van der Waals surface area contributed by atoms with Crippen LogP contribution in [0.4, 0.5) is 5.13 Å². The topological polar surface area (TPSA) is 42.0 Å². The fourth-order valence-electron chi connectivity index (χ4n) is 2.03. The van der Waals surface area contributed by atoms with Gasteiger partial charge in [-0.15, -0.1) is 11.3 Å². The molecule has 104 valence electrons. The molecule has 20 heavy (non-hydrogen) atoms. The molecule has 0 spiro atoms. The van der Waals surface area contributed by atoms with Crippen molar-refractivity contribution in [3.8, 4) is 0 Å². The molecule has 0 bridgehead atoms. The maximum atomic E-state index is 11.7. The van der Waals surface area contributed by atoms with Gasteiger partial charge in [0.15, 0.2) is 5.13 Å². The molecule has 1 aromatic heterocycles. The quantitative estimate of drug-likeness (QED) is 0.926. The van der Waals surface area contributed by atoms with E-state index in [1.54, 1.807) is 0 Å². The second-order valence-corrected chi connectivity index (χ2v) is 6.61. The van der Waals surface area contributed by atoms with E-state index in [2.05, 4.69) is 10.3 Å². The molecule has 1 aromatic carbocycles. The summed E-state index contributed by atoms with van der Waals surface area (Å²) in [5.74, 6) is 0.299. The number of aromatic nitrogens is 1. The molecule has 1 aliphatic carbocycles. The number of amides is 1. The maximum Gasteiger partial charge on any atom is 0.229 e. The van der Waals surface area contributed by atoms with Crippen LogP contribution >= 0.6 is 22.9 Å². The number of thiazole rings is 1. The van der Waals surface area contributed by atoms with Gasteiger partial charge >= 0.3 is 0 Å². The first-order chi connectivity index (χ1) is 9.63. The van der Waals surface area contributed by atoms with E-state index in [1.165, 1.54) is 11.3 Å². The van der Waals surface area contributed by atoms with Crippen LogP contribution in [-0.4, -0.2) is 10.9 Å². The van der Waals surface area contributed by atoms with Crippen LogP contribution in [0.5, 0.6) is 0 Å². The first kappa shape index (κ1) is 13.6. The second-order valence-electron chi connectivity index (χ2n) is 5.12. The van der Waals surface area contributed by atoms with E-state index in [1.807, 2.05) is 31.3 Å². The predicted molar refractivity (Wildman–Crippen MR) is 82.5 cm³/mol. The van der Waals surface area contributed by atoms with Crippen molar-refractivity contribution in [2.75, 3.05) is 5.32 Å². The molecule has 0 saturated heterocycles. The summed E-state index contributed by atoms with van der Waals surface area (Å²) >= 11 is 7.81. The van der Waals surface area contributed by atoms with Crippen molar-refractivity contribution in [1.29, 1.82) is 0 Å². The van der Waals surface area contributed by atoms with Crippen molar-refractivity contribution < 1.29 is 4.79 Å². The summed E-state index contributed by atoms with van der Waals surface area (Å²) in [6.07, 6.45) is 4.56. The highest BCUT2D eigenvalue weighted by atomic mass is 35.5. The summed E-state index contributed by atoms with van der Waals surface area (Å²) in [7, 11) is 0. The molecular formula is C15H15ClN2OS. The zero-order valence-corrected chi connectivity index (χ0v) is 12.7. The fraction of sp³-hybridized carbons (Fsp3) is 0.333. The van der Waals surface area contributed by atoms with Gasteiger partial charge in [-0.05, 0) is 30.9 Å². The predicted octanol–water partition coefficient (Wildman–Crippen LogP) is 4.04. The van der Waals surface area contributed by atoms with E-state index in [0.717, 1.165) is 40.3 Å². The fourth-order valence-corrected chi connectivity index (χ4v) is 3.06. The Morgan fingerprint density at radius 2 is 2.30 bits per heavy atom. The van der Waals surface area contributed by atoms with E-state index in [4.69, 9.17) is 11.6 Å². The Morgan fingerprint density at radius 1 is 1.50 bits per heavy atom. The number of carbonyl (C=O) groups is 1. The van der Waals surface area contributed by atoms with Crippen LogP contribution in [0.1, 0.15) is 28.8 Å². The van der Waals surface area contributed by atoms with Gasteiger partial charge in [0, 0.05) is 28.4 Å². The molecule has 1 saturated carbocycles. The Bertz CT molecular complexity index is 649. The van der Waals surface area contributed by atoms with Crippen LogP contribution in [0.2, 0.25) is 5.02 Å². The SMILES string of the molecule is Cc1cccc(Cc2cnc(NC(=O)C3CC3)s2)c1Cl. The summed E-state index contributed by atoms with van der Waals surface area (Å²) < 4.78 is 0. The van der Waals surface area contributed by atoms with Crippen molar-refractivity contribution in [1.82, 2.24) is 4.98 Å². The third-order valence-electron chi connectivity index (χ3n) is 3.37. The Labute approximate surface area is 127 Å². The number of carbonyl (C=O) groups excluding carboxylic acids is 1. The molecule has 0 unspecified atom stereocenters. The third kappa shape index (κ3) is 3.02. The lowest BCUT2D eigenvalue weighted by molar-refractivity contribution is -0.117. The molecule has 3 rings (SSSR count). The average molecular weight is 307 g/mol. The van der Waals surface area contributed by atoms with E-state index in [9.17, 15) is 4.79 Å². The number of benzene rings is 1. The molecule has 1 N–H and O–H groups in total. The first-order valence-electron chi connectivity index (χ1n) is 6.63. The average Bonchev–Trinajstić information content (AvgIpc) is 3.18.